The number of ether oxygens (including phenoxy) is 2. The molecule has 0 saturated carbocycles. The summed E-state index contributed by atoms with van der Waals surface area (Å²) in [6.45, 7) is 5.18. The van der Waals surface area contributed by atoms with Crippen molar-refractivity contribution in [3.8, 4) is 0 Å². The minimum atomic E-state index is -0.440. The van der Waals surface area contributed by atoms with Gasteiger partial charge in [-0.15, -0.1) is 0 Å². The molecule has 1 fully saturated rings. The highest BCUT2D eigenvalue weighted by molar-refractivity contribution is 5.87. The topological polar surface area (TPSA) is 35.5 Å². The van der Waals surface area contributed by atoms with Gasteiger partial charge >= 0.3 is 5.97 Å². The highest BCUT2D eigenvalue weighted by Crippen LogP contribution is 2.33. The summed E-state index contributed by atoms with van der Waals surface area (Å²) < 4.78 is 10.8. The fourth-order valence-electron chi connectivity index (χ4n) is 1.83. The van der Waals surface area contributed by atoms with Crippen LogP contribution in [-0.2, 0) is 14.3 Å². The van der Waals surface area contributed by atoms with E-state index in [0.29, 0.717) is 5.57 Å². The van der Waals surface area contributed by atoms with Gasteiger partial charge in [-0.05, 0) is 18.9 Å². The number of carbonyl (C=O) groups is 1. The van der Waals surface area contributed by atoms with Crippen molar-refractivity contribution < 1.29 is 14.3 Å². The number of carbonyl (C=O) groups excluding carboxylic acids is 1. The van der Waals surface area contributed by atoms with Crippen molar-refractivity contribution in [2.75, 3.05) is 0 Å². The molecule has 2 rings (SSSR count). The van der Waals surface area contributed by atoms with Crippen LogP contribution in [0, 0.1) is 0 Å². The van der Waals surface area contributed by atoms with E-state index in [2.05, 4.69) is 6.58 Å². The van der Waals surface area contributed by atoms with Crippen LogP contribution < -0.4 is 0 Å². The van der Waals surface area contributed by atoms with Crippen LogP contribution in [0.4, 0.5) is 0 Å². The maximum Gasteiger partial charge on any atom is 0.335 e. The van der Waals surface area contributed by atoms with Crippen LogP contribution in [0.25, 0.3) is 0 Å². The first-order valence-corrected chi connectivity index (χ1v) is 5.73. The molecule has 1 saturated heterocycles. The summed E-state index contributed by atoms with van der Waals surface area (Å²) in [5.41, 5.74) is 1.53. The third kappa shape index (κ3) is 2.94. The van der Waals surface area contributed by atoms with E-state index in [4.69, 9.17) is 9.47 Å². The van der Waals surface area contributed by atoms with E-state index in [0.717, 1.165) is 18.4 Å². The molecular formula is C14H16O3. The molecular weight excluding hydrogens is 216 g/mol. The van der Waals surface area contributed by atoms with Crippen LogP contribution >= 0.6 is 0 Å². The van der Waals surface area contributed by atoms with E-state index in [1.165, 1.54) is 0 Å². The van der Waals surface area contributed by atoms with E-state index >= 15 is 0 Å². The zero-order valence-corrected chi connectivity index (χ0v) is 9.89. The van der Waals surface area contributed by atoms with E-state index in [1.807, 2.05) is 30.3 Å². The molecule has 1 aromatic rings. The number of rotatable bonds is 3. The van der Waals surface area contributed by atoms with Gasteiger partial charge in [-0.3, -0.25) is 0 Å². The van der Waals surface area contributed by atoms with Crippen LogP contribution in [-0.4, -0.2) is 12.3 Å². The molecule has 2 unspecified atom stereocenters. The molecule has 2 atom stereocenters. The van der Waals surface area contributed by atoms with Crippen molar-refractivity contribution in [3.63, 3.8) is 0 Å². The Morgan fingerprint density at radius 2 is 2.06 bits per heavy atom. The second kappa shape index (κ2) is 5.15. The van der Waals surface area contributed by atoms with Crippen LogP contribution in [0.5, 0.6) is 0 Å². The molecule has 0 aromatic heterocycles. The van der Waals surface area contributed by atoms with Gasteiger partial charge in [0.2, 0.25) is 6.29 Å². The zero-order chi connectivity index (χ0) is 12.3. The molecule has 0 spiro atoms. The lowest BCUT2D eigenvalue weighted by atomic mass is 10.1. The maximum absolute atomic E-state index is 11.3. The largest absolute Gasteiger partial charge is 0.432 e. The second-order valence-corrected chi connectivity index (χ2v) is 4.23. The van der Waals surface area contributed by atoms with E-state index in [1.54, 1.807) is 6.92 Å². The summed E-state index contributed by atoms with van der Waals surface area (Å²) in [5, 5.41) is 0. The summed E-state index contributed by atoms with van der Waals surface area (Å²) in [4.78, 5) is 11.3. The van der Waals surface area contributed by atoms with Crippen molar-refractivity contribution in [2.24, 2.45) is 0 Å². The molecule has 90 valence electrons. The third-order valence-corrected chi connectivity index (χ3v) is 2.74. The van der Waals surface area contributed by atoms with Crippen LogP contribution in [0.2, 0.25) is 0 Å². The Morgan fingerprint density at radius 1 is 1.35 bits per heavy atom. The monoisotopic (exact) mass is 232 g/mol. The van der Waals surface area contributed by atoms with Gasteiger partial charge in [0.15, 0.2) is 0 Å². The Balaban J connectivity index is 1.92. The van der Waals surface area contributed by atoms with Crippen molar-refractivity contribution >= 4 is 5.97 Å². The standard InChI is InChI=1S/C14H16O3/c1-10(2)14(15)17-13-9-8-12(16-13)11-6-4-3-5-7-11/h3-7,12-13H,1,8-9H2,2H3. The van der Waals surface area contributed by atoms with Gasteiger partial charge in [-0.2, -0.15) is 0 Å². The molecule has 1 aliphatic heterocycles. The summed E-state index contributed by atoms with van der Waals surface area (Å²) >= 11 is 0. The quantitative estimate of drug-likeness (QED) is 0.593. The summed E-state index contributed by atoms with van der Waals surface area (Å²) in [6, 6.07) is 9.97. The fraction of sp³-hybridized carbons (Fsp3) is 0.357. The predicted octanol–water partition coefficient (Wildman–Crippen LogP) is 2.98. The van der Waals surface area contributed by atoms with Crippen molar-refractivity contribution in [2.45, 2.75) is 32.2 Å². The lowest BCUT2D eigenvalue weighted by Crippen LogP contribution is -2.17. The Morgan fingerprint density at radius 3 is 2.71 bits per heavy atom. The average Bonchev–Trinajstić information content (AvgIpc) is 2.78. The van der Waals surface area contributed by atoms with Crippen molar-refractivity contribution in [1.29, 1.82) is 0 Å². The molecule has 1 heterocycles. The van der Waals surface area contributed by atoms with Crippen molar-refractivity contribution in [1.82, 2.24) is 0 Å². The van der Waals surface area contributed by atoms with Gasteiger partial charge in [0, 0.05) is 12.0 Å². The molecule has 17 heavy (non-hydrogen) atoms. The van der Waals surface area contributed by atoms with Crippen molar-refractivity contribution in [3.05, 3.63) is 48.0 Å². The van der Waals surface area contributed by atoms with Crippen LogP contribution in [0.15, 0.2) is 42.5 Å². The molecule has 1 aliphatic rings. The fourth-order valence-corrected chi connectivity index (χ4v) is 1.83. The van der Waals surface area contributed by atoms with Crippen LogP contribution in [0.1, 0.15) is 31.4 Å². The van der Waals surface area contributed by atoms with E-state index < -0.39 is 6.29 Å². The van der Waals surface area contributed by atoms with Gasteiger partial charge in [0.25, 0.3) is 0 Å². The smallest absolute Gasteiger partial charge is 0.335 e. The lowest BCUT2D eigenvalue weighted by Gasteiger charge is -2.14. The van der Waals surface area contributed by atoms with Gasteiger partial charge in [-0.1, -0.05) is 36.9 Å². The molecule has 0 aliphatic carbocycles. The summed E-state index contributed by atoms with van der Waals surface area (Å²) in [5.74, 6) is -0.385. The third-order valence-electron chi connectivity index (χ3n) is 2.74. The molecule has 0 N–H and O–H groups in total. The lowest BCUT2D eigenvalue weighted by molar-refractivity contribution is -0.171. The summed E-state index contributed by atoms with van der Waals surface area (Å²) in [7, 11) is 0. The first-order valence-electron chi connectivity index (χ1n) is 5.73. The number of hydrogen-bond acceptors (Lipinski definition) is 3. The SMILES string of the molecule is C=C(C)C(=O)OC1CCC(c2ccccc2)O1. The Kier molecular flexibility index (Phi) is 3.59. The predicted molar refractivity (Wildman–Crippen MR) is 64.2 cm³/mol. The molecule has 0 amide bonds. The highest BCUT2D eigenvalue weighted by atomic mass is 16.7. The van der Waals surface area contributed by atoms with Gasteiger partial charge in [0.1, 0.15) is 0 Å². The minimum absolute atomic E-state index is 0.0270. The Labute approximate surface area is 101 Å². The number of hydrogen-bond donors (Lipinski definition) is 0. The molecule has 0 radical (unpaired) electrons. The maximum atomic E-state index is 11.3. The average molecular weight is 232 g/mol. The molecule has 3 heteroatoms. The minimum Gasteiger partial charge on any atom is -0.432 e. The van der Waals surface area contributed by atoms with Crippen LogP contribution in [0.3, 0.4) is 0 Å². The Hall–Kier alpha value is -1.61. The van der Waals surface area contributed by atoms with Gasteiger partial charge in [-0.25, -0.2) is 4.79 Å². The van der Waals surface area contributed by atoms with E-state index in [-0.39, 0.29) is 12.1 Å². The molecule has 1 aromatic carbocycles. The van der Waals surface area contributed by atoms with Gasteiger partial charge < -0.3 is 9.47 Å². The zero-order valence-electron chi connectivity index (χ0n) is 9.89. The first-order chi connectivity index (χ1) is 8.16. The first kappa shape index (κ1) is 11.9. The molecule has 3 nitrogen and oxygen atoms in total. The number of esters is 1. The van der Waals surface area contributed by atoms with Gasteiger partial charge in [0.05, 0.1) is 6.10 Å². The highest BCUT2D eigenvalue weighted by Gasteiger charge is 2.29. The Bertz CT molecular complexity index is 411. The van der Waals surface area contributed by atoms with E-state index in [9.17, 15) is 4.79 Å². The molecule has 0 bridgehead atoms. The summed E-state index contributed by atoms with van der Waals surface area (Å²) in [6.07, 6.45) is 1.19. The second-order valence-electron chi connectivity index (χ2n) is 4.23. The number of benzene rings is 1. The normalized spacial score (nSPS) is 23.4.